The lowest BCUT2D eigenvalue weighted by Crippen LogP contribution is -2.49. The van der Waals surface area contributed by atoms with Gasteiger partial charge in [-0.3, -0.25) is 4.79 Å². The fourth-order valence-electron chi connectivity index (χ4n) is 3.80. The Morgan fingerprint density at radius 2 is 1.68 bits per heavy atom. The first kappa shape index (κ1) is 33.7. The van der Waals surface area contributed by atoms with E-state index in [4.69, 9.17) is 25.9 Å². The molecule has 0 heterocycles. The molecule has 0 unspecified atom stereocenters. The summed E-state index contributed by atoms with van der Waals surface area (Å²) in [5, 5.41) is 12.9. The Kier molecular flexibility index (Phi) is 11.7. The third-order valence-corrected chi connectivity index (χ3v) is 11.9. The molecule has 1 amide bonds. The summed E-state index contributed by atoms with van der Waals surface area (Å²) in [4.78, 5) is 26.1. The molecule has 0 aliphatic carbocycles. The van der Waals surface area contributed by atoms with Gasteiger partial charge in [-0.1, -0.05) is 56.6 Å². The van der Waals surface area contributed by atoms with Gasteiger partial charge in [0.15, 0.2) is 8.32 Å². The minimum absolute atomic E-state index is 0.0234. The van der Waals surface area contributed by atoms with Gasteiger partial charge in [-0.15, -0.1) is 0 Å². The highest BCUT2D eigenvalue weighted by Crippen LogP contribution is 2.40. The van der Waals surface area contributed by atoms with E-state index < -0.39 is 26.0 Å². The minimum Gasteiger partial charge on any atom is -0.481 e. The Bertz CT molecular complexity index is 1130. The number of hydrogen-bond donors (Lipinski definition) is 2. The van der Waals surface area contributed by atoms with Crippen LogP contribution in [0.3, 0.4) is 0 Å². The maximum atomic E-state index is 13.5. The summed E-state index contributed by atoms with van der Waals surface area (Å²) in [6, 6.07) is 15.1. The van der Waals surface area contributed by atoms with Crippen molar-refractivity contribution in [3.8, 4) is 0 Å². The molecule has 2 aromatic rings. The lowest BCUT2D eigenvalue weighted by atomic mass is 10.1. The fourth-order valence-corrected chi connectivity index (χ4v) is 5.27. The number of rotatable bonds is 12. The molecule has 2 N–H and O–H groups in total. The molecule has 2 rings (SSSR count). The van der Waals surface area contributed by atoms with E-state index in [9.17, 15) is 9.59 Å². The molecule has 0 saturated carbocycles. The van der Waals surface area contributed by atoms with E-state index in [2.05, 4.69) is 39.2 Å². The highest BCUT2D eigenvalue weighted by molar-refractivity contribution is 6.74. The molecular formula is C31H47ClN2O5Si. The molecule has 0 saturated heterocycles. The first-order valence-electron chi connectivity index (χ1n) is 13.9. The summed E-state index contributed by atoms with van der Waals surface area (Å²) >= 11 is 6.37. The number of carboxylic acid groups (broad SMARTS) is 1. The van der Waals surface area contributed by atoms with E-state index in [0.717, 1.165) is 16.8 Å². The van der Waals surface area contributed by atoms with Gasteiger partial charge in [0.2, 0.25) is 0 Å². The number of nitrogens with zero attached hydrogens (tertiary/aromatic N) is 1. The molecule has 222 valence electrons. The van der Waals surface area contributed by atoms with Crippen LogP contribution in [0.2, 0.25) is 23.2 Å². The smallest absolute Gasteiger partial charge is 0.410 e. The van der Waals surface area contributed by atoms with Crippen LogP contribution in [0.25, 0.3) is 0 Å². The molecule has 0 radical (unpaired) electrons. The summed E-state index contributed by atoms with van der Waals surface area (Å²) in [6.07, 6.45) is -0.212. The van der Waals surface area contributed by atoms with Crippen molar-refractivity contribution in [3.05, 3.63) is 64.7 Å². The van der Waals surface area contributed by atoms with Crippen molar-refractivity contribution in [2.45, 2.75) is 97.2 Å². The average molecular weight is 591 g/mol. The fraction of sp³-hybridized carbons (Fsp3) is 0.548. The van der Waals surface area contributed by atoms with Gasteiger partial charge >= 0.3 is 12.1 Å². The summed E-state index contributed by atoms with van der Waals surface area (Å²) in [6.45, 7) is 19.3. The molecule has 0 spiro atoms. The molecule has 7 nitrogen and oxygen atoms in total. The zero-order valence-electron chi connectivity index (χ0n) is 25.5. The summed E-state index contributed by atoms with van der Waals surface area (Å²) in [5.41, 5.74) is 2.12. The monoisotopic (exact) mass is 590 g/mol. The Balaban J connectivity index is 2.31. The van der Waals surface area contributed by atoms with Crippen LogP contribution in [0, 0.1) is 0 Å². The van der Waals surface area contributed by atoms with Crippen LogP contribution in [-0.2, 0) is 20.4 Å². The highest BCUT2D eigenvalue weighted by atomic mass is 35.5. The molecule has 0 aromatic heterocycles. The summed E-state index contributed by atoms with van der Waals surface area (Å²) in [5.74, 6) is -0.813. The van der Waals surface area contributed by atoms with Crippen molar-refractivity contribution < 1.29 is 23.9 Å². The quantitative estimate of drug-likeness (QED) is 0.242. The predicted octanol–water partition coefficient (Wildman–Crippen LogP) is 8.16. The zero-order valence-corrected chi connectivity index (χ0v) is 27.3. The van der Waals surface area contributed by atoms with Crippen molar-refractivity contribution in [1.82, 2.24) is 4.90 Å². The second kappa shape index (κ2) is 13.9. The molecule has 0 aliphatic rings. The van der Waals surface area contributed by atoms with E-state index in [1.807, 2.05) is 76.2 Å². The Morgan fingerprint density at radius 3 is 2.20 bits per heavy atom. The number of nitrogens with one attached hydrogen (secondary N) is 1. The number of aliphatic carboxylic acids is 1. The number of ether oxygens (including phenoxy) is 1. The van der Waals surface area contributed by atoms with Gasteiger partial charge in [0.05, 0.1) is 12.6 Å². The van der Waals surface area contributed by atoms with Gasteiger partial charge in [-0.2, -0.15) is 0 Å². The van der Waals surface area contributed by atoms with E-state index >= 15 is 0 Å². The second-order valence-electron chi connectivity index (χ2n) is 12.9. The normalized spacial score (nSPS) is 13.8. The Morgan fingerprint density at radius 1 is 1.05 bits per heavy atom. The van der Waals surface area contributed by atoms with Crippen LogP contribution in [0.1, 0.15) is 72.1 Å². The summed E-state index contributed by atoms with van der Waals surface area (Å²) in [7, 11) is -2.22. The van der Waals surface area contributed by atoms with E-state index in [1.54, 1.807) is 4.90 Å². The van der Waals surface area contributed by atoms with Gasteiger partial charge in [0.1, 0.15) is 5.60 Å². The zero-order chi connectivity index (χ0) is 30.3. The van der Waals surface area contributed by atoms with Gasteiger partial charge in [-0.05, 0) is 87.6 Å². The van der Waals surface area contributed by atoms with E-state index in [1.165, 1.54) is 0 Å². The SMILES string of the molecule is C[C@H](CNc1ccc(CCC(=O)O)cc1)N(C[C@H](O[Si](C)(C)C(C)(C)C)c1cccc(Cl)c1)C(=O)OC(C)(C)C. The van der Waals surface area contributed by atoms with Crippen molar-refractivity contribution in [2.75, 3.05) is 18.4 Å². The number of carbonyl (C=O) groups is 2. The Labute approximate surface area is 246 Å². The van der Waals surface area contributed by atoms with Crippen LogP contribution < -0.4 is 5.32 Å². The van der Waals surface area contributed by atoms with Crippen molar-refractivity contribution in [3.63, 3.8) is 0 Å². The van der Waals surface area contributed by atoms with Gasteiger partial charge in [0, 0.05) is 29.7 Å². The first-order valence-corrected chi connectivity index (χ1v) is 17.1. The molecular weight excluding hydrogens is 544 g/mol. The first-order chi connectivity index (χ1) is 18.4. The standard InChI is InChI=1S/C31H47ClN2O5Si/c1-22(20-33-26-16-13-23(14-17-26)15-18-28(35)36)34(29(37)38-30(2,3)4)21-27(24-11-10-12-25(32)19-24)39-40(8,9)31(5,6)7/h10-14,16-17,19,22,27,33H,15,18,20-21H2,1-9H3,(H,35,36)/t22-,27+/m1/s1. The number of benzene rings is 2. The third kappa shape index (κ3) is 10.8. The Hall–Kier alpha value is -2.55. The van der Waals surface area contributed by atoms with Crippen LogP contribution in [0.15, 0.2) is 48.5 Å². The maximum absolute atomic E-state index is 13.5. The molecule has 0 aliphatic heterocycles. The number of carboxylic acids is 1. The number of amides is 1. The number of anilines is 1. The third-order valence-electron chi connectivity index (χ3n) is 7.17. The van der Waals surface area contributed by atoms with Crippen molar-refractivity contribution in [1.29, 1.82) is 0 Å². The summed E-state index contributed by atoms with van der Waals surface area (Å²) < 4.78 is 12.7. The largest absolute Gasteiger partial charge is 0.481 e. The topological polar surface area (TPSA) is 88.1 Å². The number of halogens is 1. The lowest BCUT2D eigenvalue weighted by molar-refractivity contribution is -0.136. The van der Waals surface area contributed by atoms with E-state index in [0.29, 0.717) is 24.5 Å². The van der Waals surface area contributed by atoms with Gasteiger partial charge < -0.3 is 24.5 Å². The van der Waals surface area contributed by atoms with Crippen LogP contribution in [0.5, 0.6) is 0 Å². The lowest BCUT2D eigenvalue weighted by Gasteiger charge is -2.41. The molecule has 2 aromatic carbocycles. The number of carbonyl (C=O) groups excluding carboxylic acids is 1. The van der Waals surface area contributed by atoms with Crippen LogP contribution in [0.4, 0.5) is 10.5 Å². The van der Waals surface area contributed by atoms with E-state index in [-0.39, 0.29) is 23.6 Å². The van der Waals surface area contributed by atoms with Crippen molar-refractivity contribution in [2.24, 2.45) is 0 Å². The number of hydrogen-bond acceptors (Lipinski definition) is 5. The average Bonchev–Trinajstić information content (AvgIpc) is 2.82. The highest BCUT2D eigenvalue weighted by Gasteiger charge is 2.41. The van der Waals surface area contributed by atoms with Gasteiger partial charge in [0.25, 0.3) is 0 Å². The maximum Gasteiger partial charge on any atom is 0.410 e. The molecule has 9 heteroatoms. The molecule has 0 fully saturated rings. The molecule has 2 atom stereocenters. The predicted molar refractivity (Wildman–Crippen MR) is 166 cm³/mol. The van der Waals surface area contributed by atoms with Crippen LogP contribution >= 0.6 is 11.6 Å². The number of aryl methyl sites for hydroxylation is 1. The van der Waals surface area contributed by atoms with Crippen LogP contribution in [-0.4, -0.2) is 55.1 Å². The second-order valence-corrected chi connectivity index (χ2v) is 18.1. The van der Waals surface area contributed by atoms with Gasteiger partial charge in [-0.25, -0.2) is 4.79 Å². The minimum atomic E-state index is -2.22. The molecule has 0 bridgehead atoms. The molecule has 40 heavy (non-hydrogen) atoms. The van der Waals surface area contributed by atoms with Crippen molar-refractivity contribution >= 4 is 37.7 Å².